The molecule has 1 aliphatic rings. The van der Waals surface area contributed by atoms with Crippen LogP contribution in [0.2, 0.25) is 0 Å². The lowest BCUT2D eigenvalue weighted by molar-refractivity contribution is -0.141. The summed E-state index contributed by atoms with van der Waals surface area (Å²) in [4.78, 5) is 23.2. The number of carbonyl (C=O) groups is 2. The first kappa shape index (κ1) is 14.6. The Kier molecular flexibility index (Phi) is 4.77. The summed E-state index contributed by atoms with van der Waals surface area (Å²) in [5.74, 6) is -1.37. The number of para-hydroxylation sites is 1. The molecule has 2 unspecified atom stereocenters. The average Bonchev–Trinajstić information content (AvgIpc) is 2.91. The van der Waals surface area contributed by atoms with E-state index in [2.05, 4.69) is 12.2 Å². The quantitative estimate of drug-likeness (QED) is 0.867. The van der Waals surface area contributed by atoms with Crippen LogP contribution in [-0.2, 0) is 16.0 Å². The molecule has 1 aliphatic carbocycles. The maximum Gasteiger partial charge on any atom is 0.306 e. The second-order valence-electron chi connectivity index (χ2n) is 5.44. The molecule has 4 heteroatoms. The summed E-state index contributed by atoms with van der Waals surface area (Å²) in [6.45, 7) is 2.10. The molecular formula is C16H21NO3. The van der Waals surface area contributed by atoms with Crippen molar-refractivity contribution in [3.05, 3.63) is 29.8 Å². The Labute approximate surface area is 119 Å². The molecule has 20 heavy (non-hydrogen) atoms. The minimum absolute atomic E-state index is 0.0442. The lowest BCUT2D eigenvalue weighted by Crippen LogP contribution is -2.22. The van der Waals surface area contributed by atoms with Crippen LogP contribution in [0, 0.1) is 11.8 Å². The summed E-state index contributed by atoms with van der Waals surface area (Å²) in [5.41, 5.74) is 1.99. The third-order valence-corrected chi connectivity index (χ3v) is 3.95. The molecule has 0 bridgehead atoms. The van der Waals surface area contributed by atoms with Crippen LogP contribution in [0.5, 0.6) is 0 Å². The van der Waals surface area contributed by atoms with Crippen molar-refractivity contribution in [2.75, 3.05) is 5.32 Å². The zero-order chi connectivity index (χ0) is 14.5. The van der Waals surface area contributed by atoms with Gasteiger partial charge in [-0.05, 0) is 37.3 Å². The van der Waals surface area contributed by atoms with E-state index in [-0.39, 0.29) is 17.7 Å². The normalized spacial score (nSPS) is 21.6. The van der Waals surface area contributed by atoms with Crippen LogP contribution in [0.15, 0.2) is 24.3 Å². The molecule has 0 aliphatic heterocycles. The molecule has 2 atom stereocenters. The van der Waals surface area contributed by atoms with Crippen LogP contribution in [0.1, 0.15) is 38.2 Å². The highest BCUT2D eigenvalue weighted by Crippen LogP contribution is 2.32. The van der Waals surface area contributed by atoms with Crippen molar-refractivity contribution in [3.63, 3.8) is 0 Å². The van der Waals surface area contributed by atoms with E-state index in [0.717, 1.165) is 24.1 Å². The molecule has 2 N–H and O–H groups in total. The van der Waals surface area contributed by atoms with Gasteiger partial charge < -0.3 is 10.4 Å². The number of hydrogen-bond donors (Lipinski definition) is 2. The topological polar surface area (TPSA) is 66.4 Å². The van der Waals surface area contributed by atoms with Crippen molar-refractivity contribution < 1.29 is 14.7 Å². The SMILES string of the molecule is CCCc1ccccc1NC(=O)C1CCC(C(=O)O)C1. The number of aliphatic carboxylic acids is 1. The van der Waals surface area contributed by atoms with Gasteiger partial charge in [0.15, 0.2) is 0 Å². The van der Waals surface area contributed by atoms with E-state index >= 15 is 0 Å². The van der Waals surface area contributed by atoms with Crippen molar-refractivity contribution in [3.8, 4) is 0 Å². The number of carboxylic acid groups (broad SMARTS) is 1. The van der Waals surface area contributed by atoms with E-state index in [1.165, 1.54) is 0 Å². The van der Waals surface area contributed by atoms with E-state index in [0.29, 0.717) is 19.3 Å². The lowest BCUT2D eigenvalue weighted by Gasteiger charge is -2.14. The van der Waals surface area contributed by atoms with Gasteiger partial charge in [0.2, 0.25) is 5.91 Å². The molecule has 1 aromatic rings. The van der Waals surface area contributed by atoms with Gasteiger partial charge in [0.25, 0.3) is 0 Å². The largest absolute Gasteiger partial charge is 0.481 e. The predicted molar refractivity (Wildman–Crippen MR) is 77.5 cm³/mol. The van der Waals surface area contributed by atoms with Gasteiger partial charge >= 0.3 is 5.97 Å². The monoisotopic (exact) mass is 275 g/mol. The molecule has 2 rings (SSSR count). The summed E-state index contributed by atoms with van der Waals surface area (Å²) < 4.78 is 0. The fourth-order valence-corrected chi connectivity index (χ4v) is 2.81. The van der Waals surface area contributed by atoms with Crippen LogP contribution < -0.4 is 5.32 Å². The van der Waals surface area contributed by atoms with Crippen molar-refractivity contribution in [2.45, 2.75) is 39.0 Å². The Hall–Kier alpha value is -1.84. The Morgan fingerprint density at radius 2 is 1.95 bits per heavy atom. The summed E-state index contributed by atoms with van der Waals surface area (Å²) in [5, 5.41) is 11.9. The molecule has 0 heterocycles. The number of carboxylic acids is 1. The maximum atomic E-state index is 12.2. The number of hydrogen-bond acceptors (Lipinski definition) is 2. The summed E-state index contributed by atoms with van der Waals surface area (Å²) in [6.07, 6.45) is 3.68. The molecule has 0 spiro atoms. The van der Waals surface area contributed by atoms with Crippen LogP contribution in [0.25, 0.3) is 0 Å². The smallest absolute Gasteiger partial charge is 0.306 e. The van der Waals surface area contributed by atoms with E-state index < -0.39 is 5.97 Å². The molecule has 1 fully saturated rings. The Bertz CT molecular complexity index is 498. The van der Waals surface area contributed by atoms with Crippen LogP contribution >= 0.6 is 0 Å². The first-order valence-corrected chi connectivity index (χ1v) is 7.23. The molecular weight excluding hydrogens is 254 g/mol. The number of carbonyl (C=O) groups excluding carboxylic acids is 1. The van der Waals surface area contributed by atoms with Crippen molar-refractivity contribution in [1.29, 1.82) is 0 Å². The Balaban J connectivity index is 2.00. The third kappa shape index (κ3) is 3.38. The average molecular weight is 275 g/mol. The highest BCUT2D eigenvalue weighted by molar-refractivity contribution is 5.93. The fraction of sp³-hybridized carbons (Fsp3) is 0.500. The second kappa shape index (κ2) is 6.55. The zero-order valence-electron chi connectivity index (χ0n) is 11.8. The van der Waals surface area contributed by atoms with E-state index in [1.807, 2.05) is 24.3 Å². The molecule has 4 nitrogen and oxygen atoms in total. The van der Waals surface area contributed by atoms with Gasteiger partial charge in [0.05, 0.1) is 5.92 Å². The first-order chi connectivity index (χ1) is 9.61. The van der Waals surface area contributed by atoms with Crippen molar-refractivity contribution in [1.82, 2.24) is 0 Å². The van der Waals surface area contributed by atoms with E-state index in [1.54, 1.807) is 0 Å². The number of aryl methyl sites for hydroxylation is 1. The highest BCUT2D eigenvalue weighted by atomic mass is 16.4. The first-order valence-electron chi connectivity index (χ1n) is 7.23. The van der Waals surface area contributed by atoms with Crippen molar-refractivity contribution in [2.24, 2.45) is 11.8 Å². The number of benzene rings is 1. The number of rotatable bonds is 5. The standard InChI is InChI=1S/C16H21NO3/c1-2-5-11-6-3-4-7-14(11)17-15(18)12-8-9-13(10-12)16(19)20/h3-4,6-7,12-13H,2,5,8-10H2,1H3,(H,17,18)(H,19,20). The number of amides is 1. The van der Waals surface area contributed by atoms with Gasteiger partial charge in [-0.1, -0.05) is 31.5 Å². The van der Waals surface area contributed by atoms with E-state index in [9.17, 15) is 9.59 Å². The maximum absolute atomic E-state index is 12.2. The Morgan fingerprint density at radius 1 is 1.25 bits per heavy atom. The van der Waals surface area contributed by atoms with Crippen molar-refractivity contribution >= 4 is 17.6 Å². The molecule has 0 radical (unpaired) electrons. The zero-order valence-corrected chi connectivity index (χ0v) is 11.8. The molecule has 1 aromatic carbocycles. The van der Waals surface area contributed by atoms with Gasteiger partial charge in [-0.25, -0.2) is 0 Å². The highest BCUT2D eigenvalue weighted by Gasteiger charge is 2.33. The number of anilines is 1. The lowest BCUT2D eigenvalue weighted by atomic mass is 10.0. The summed E-state index contributed by atoms with van der Waals surface area (Å²) in [6, 6.07) is 7.81. The molecule has 0 aromatic heterocycles. The van der Waals surface area contributed by atoms with Gasteiger partial charge in [0, 0.05) is 11.6 Å². The van der Waals surface area contributed by atoms with Crippen LogP contribution in [-0.4, -0.2) is 17.0 Å². The van der Waals surface area contributed by atoms with Gasteiger partial charge in [-0.2, -0.15) is 0 Å². The van der Waals surface area contributed by atoms with Crippen LogP contribution in [0.4, 0.5) is 5.69 Å². The summed E-state index contributed by atoms with van der Waals surface area (Å²) >= 11 is 0. The van der Waals surface area contributed by atoms with Gasteiger partial charge in [0.1, 0.15) is 0 Å². The third-order valence-electron chi connectivity index (χ3n) is 3.95. The molecule has 1 amide bonds. The number of nitrogens with one attached hydrogen (secondary N) is 1. The van der Waals surface area contributed by atoms with Gasteiger partial charge in [-0.15, -0.1) is 0 Å². The Morgan fingerprint density at radius 3 is 2.60 bits per heavy atom. The minimum atomic E-state index is -0.785. The van der Waals surface area contributed by atoms with Gasteiger partial charge in [-0.3, -0.25) is 9.59 Å². The molecule has 1 saturated carbocycles. The van der Waals surface area contributed by atoms with E-state index in [4.69, 9.17) is 5.11 Å². The van der Waals surface area contributed by atoms with Crippen LogP contribution in [0.3, 0.4) is 0 Å². The molecule has 0 saturated heterocycles. The fourth-order valence-electron chi connectivity index (χ4n) is 2.81. The summed E-state index contributed by atoms with van der Waals surface area (Å²) in [7, 11) is 0. The predicted octanol–water partition coefficient (Wildman–Crippen LogP) is 3.08. The second-order valence-corrected chi connectivity index (χ2v) is 5.44. The molecule has 108 valence electrons. The minimum Gasteiger partial charge on any atom is -0.481 e.